The summed E-state index contributed by atoms with van der Waals surface area (Å²) in [7, 11) is 3.17. The van der Waals surface area contributed by atoms with Gasteiger partial charge in [0.1, 0.15) is 17.5 Å². The van der Waals surface area contributed by atoms with Gasteiger partial charge in [-0.25, -0.2) is 0 Å². The Morgan fingerprint density at radius 1 is 0.917 bits per heavy atom. The zero-order valence-electron chi connectivity index (χ0n) is 13.0. The van der Waals surface area contributed by atoms with Crippen molar-refractivity contribution in [3.63, 3.8) is 0 Å². The first kappa shape index (κ1) is 17.2. The molecule has 0 fully saturated rings. The molecule has 126 valence electrons. The second-order valence-corrected chi connectivity index (χ2v) is 6.48. The van der Waals surface area contributed by atoms with Crippen molar-refractivity contribution in [2.45, 2.75) is 12.1 Å². The molecule has 0 amide bonds. The van der Waals surface area contributed by atoms with Crippen LogP contribution in [0.5, 0.6) is 11.5 Å². The van der Waals surface area contributed by atoms with Crippen molar-refractivity contribution in [3.05, 3.63) is 56.5 Å². The Labute approximate surface area is 155 Å². The standard InChI is InChI=1S/C17H15Cl3N2O2/c1-23-9-3-4-11(12(18)5-9)16-17(22-8-21-16)15-13(19)6-10(24-2)7-14(15)20/h3-8,16-17H,1-2H3,(H,21,22)/t16-,17+/m1/s1. The van der Waals surface area contributed by atoms with Crippen LogP contribution in [0.15, 0.2) is 35.3 Å². The Kier molecular flexibility index (Phi) is 5.09. The van der Waals surface area contributed by atoms with E-state index in [0.29, 0.717) is 26.6 Å². The molecule has 1 heterocycles. The molecule has 4 nitrogen and oxygen atoms in total. The zero-order valence-corrected chi connectivity index (χ0v) is 15.3. The summed E-state index contributed by atoms with van der Waals surface area (Å²) in [6.45, 7) is 0. The number of aliphatic imine (C=N–C) groups is 1. The number of benzene rings is 2. The molecule has 0 aliphatic carbocycles. The van der Waals surface area contributed by atoms with Crippen LogP contribution in [0.2, 0.25) is 15.1 Å². The fourth-order valence-corrected chi connectivity index (χ4v) is 3.72. The van der Waals surface area contributed by atoms with Gasteiger partial charge in [-0.3, -0.25) is 4.99 Å². The van der Waals surface area contributed by atoms with E-state index in [0.717, 1.165) is 11.1 Å². The predicted molar refractivity (Wildman–Crippen MR) is 98.1 cm³/mol. The van der Waals surface area contributed by atoms with E-state index >= 15 is 0 Å². The largest absolute Gasteiger partial charge is 0.497 e. The third-order valence-corrected chi connectivity index (χ3v) is 4.88. The SMILES string of the molecule is COc1ccc([C@H]2N=CN[C@H]2c2c(Cl)cc(OC)cc2Cl)c(Cl)c1. The average Bonchev–Trinajstić information content (AvgIpc) is 3.02. The second kappa shape index (κ2) is 7.09. The molecule has 1 aliphatic rings. The number of methoxy groups -OCH3 is 2. The quantitative estimate of drug-likeness (QED) is 0.798. The van der Waals surface area contributed by atoms with Crippen LogP contribution >= 0.6 is 34.8 Å². The first-order valence-electron chi connectivity index (χ1n) is 7.19. The molecule has 24 heavy (non-hydrogen) atoms. The van der Waals surface area contributed by atoms with Gasteiger partial charge < -0.3 is 14.8 Å². The van der Waals surface area contributed by atoms with Gasteiger partial charge in [-0.15, -0.1) is 0 Å². The molecular weight excluding hydrogens is 371 g/mol. The lowest BCUT2D eigenvalue weighted by molar-refractivity contribution is 0.414. The maximum absolute atomic E-state index is 6.42. The Morgan fingerprint density at radius 3 is 2.12 bits per heavy atom. The molecule has 2 atom stereocenters. The Balaban J connectivity index is 2.01. The molecule has 0 saturated carbocycles. The molecule has 0 unspecified atom stereocenters. The molecule has 1 aliphatic heterocycles. The third kappa shape index (κ3) is 3.14. The van der Waals surface area contributed by atoms with Gasteiger partial charge in [-0.05, 0) is 29.8 Å². The number of nitrogens with zero attached hydrogens (tertiary/aromatic N) is 1. The molecule has 3 rings (SSSR count). The summed E-state index contributed by atoms with van der Waals surface area (Å²) >= 11 is 19.2. The summed E-state index contributed by atoms with van der Waals surface area (Å²) in [6, 6.07) is 8.51. The lowest BCUT2D eigenvalue weighted by Gasteiger charge is -2.23. The predicted octanol–water partition coefficient (Wildman–Crippen LogP) is 5.08. The van der Waals surface area contributed by atoms with Crippen LogP contribution < -0.4 is 14.8 Å². The summed E-state index contributed by atoms with van der Waals surface area (Å²) in [6.07, 6.45) is 1.65. The highest BCUT2D eigenvalue weighted by molar-refractivity contribution is 6.36. The Bertz CT molecular complexity index is 772. The summed E-state index contributed by atoms with van der Waals surface area (Å²) in [5.74, 6) is 1.29. The van der Waals surface area contributed by atoms with Crippen LogP contribution in [-0.2, 0) is 0 Å². The van der Waals surface area contributed by atoms with E-state index in [9.17, 15) is 0 Å². The molecule has 1 N–H and O–H groups in total. The minimum absolute atomic E-state index is 0.221. The number of nitrogens with one attached hydrogen (secondary N) is 1. The van der Waals surface area contributed by atoms with Crippen LogP contribution in [0.25, 0.3) is 0 Å². The highest BCUT2D eigenvalue weighted by Crippen LogP contribution is 2.44. The summed E-state index contributed by atoms with van der Waals surface area (Å²) in [5, 5.41) is 4.80. The minimum atomic E-state index is -0.244. The average molecular weight is 386 g/mol. The van der Waals surface area contributed by atoms with Crippen LogP contribution in [0.4, 0.5) is 0 Å². The fraction of sp³-hybridized carbons (Fsp3) is 0.235. The number of hydrogen-bond donors (Lipinski definition) is 1. The summed E-state index contributed by atoms with van der Waals surface area (Å²) < 4.78 is 10.4. The summed E-state index contributed by atoms with van der Waals surface area (Å²) in [5.41, 5.74) is 1.63. The highest BCUT2D eigenvalue weighted by Gasteiger charge is 2.32. The van der Waals surface area contributed by atoms with Gasteiger partial charge in [-0.2, -0.15) is 0 Å². The second-order valence-electron chi connectivity index (χ2n) is 5.26. The monoisotopic (exact) mass is 384 g/mol. The van der Waals surface area contributed by atoms with Gasteiger partial charge in [0.25, 0.3) is 0 Å². The van der Waals surface area contributed by atoms with Gasteiger partial charge in [0.15, 0.2) is 0 Å². The maximum atomic E-state index is 6.42. The topological polar surface area (TPSA) is 42.8 Å². The molecule has 0 radical (unpaired) electrons. The van der Waals surface area contributed by atoms with Crippen molar-refractivity contribution in [2.75, 3.05) is 14.2 Å². The highest BCUT2D eigenvalue weighted by atomic mass is 35.5. The van der Waals surface area contributed by atoms with Crippen molar-refractivity contribution in [1.29, 1.82) is 0 Å². The first-order chi connectivity index (χ1) is 11.5. The van der Waals surface area contributed by atoms with E-state index < -0.39 is 0 Å². The van der Waals surface area contributed by atoms with Gasteiger partial charge in [0.2, 0.25) is 0 Å². The number of hydrogen-bond acceptors (Lipinski definition) is 4. The molecule has 0 aromatic heterocycles. The van der Waals surface area contributed by atoms with Crippen molar-refractivity contribution in [1.82, 2.24) is 5.32 Å². The van der Waals surface area contributed by atoms with Gasteiger partial charge >= 0.3 is 0 Å². The van der Waals surface area contributed by atoms with E-state index in [1.165, 1.54) is 0 Å². The van der Waals surface area contributed by atoms with E-state index in [1.807, 2.05) is 12.1 Å². The van der Waals surface area contributed by atoms with Gasteiger partial charge in [0.05, 0.1) is 36.6 Å². The maximum Gasteiger partial charge on any atom is 0.121 e. The molecule has 7 heteroatoms. The molecular formula is C17H15Cl3N2O2. The van der Waals surface area contributed by atoms with Crippen molar-refractivity contribution < 1.29 is 9.47 Å². The lowest BCUT2D eigenvalue weighted by atomic mass is 9.94. The van der Waals surface area contributed by atoms with Crippen LogP contribution in [0.3, 0.4) is 0 Å². The van der Waals surface area contributed by atoms with Crippen LogP contribution in [0, 0.1) is 0 Å². The molecule has 2 aromatic rings. The van der Waals surface area contributed by atoms with E-state index in [-0.39, 0.29) is 12.1 Å². The van der Waals surface area contributed by atoms with Crippen molar-refractivity contribution in [2.24, 2.45) is 4.99 Å². The molecule has 2 aromatic carbocycles. The Hall–Kier alpha value is -1.62. The third-order valence-electron chi connectivity index (χ3n) is 3.93. The molecule has 0 bridgehead atoms. The van der Waals surface area contributed by atoms with Crippen LogP contribution in [0.1, 0.15) is 23.2 Å². The van der Waals surface area contributed by atoms with Crippen molar-refractivity contribution in [3.8, 4) is 11.5 Å². The normalized spacial score (nSPS) is 19.2. The zero-order chi connectivity index (χ0) is 17.3. The van der Waals surface area contributed by atoms with E-state index in [1.54, 1.807) is 38.8 Å². The number of halogens is 3. The minimum Gasteiger partial charge on any atom is -0.497 e. The van der Waals surface area contributed by atoms with Crippen LogP contribution in [-0.4, -0.2) is 20.6 Å². The number of rotatable bonds is 4. The fourth-order valence-electron chi connectivity index (χ4n) is 2.73. The van der Waals surface area contributed by atoms with Gasteiger partial charge in [0, 0.05) is 10.6 Å². The van der Waals surface area contributed by atoms with E-state index in [4.69, 9.17) is 44.3 Å². The summed E-state index contributed by atoms with van der Waals surface area (Å²) in [4.78, 5) is 4.49. The lowest BCUT2D eigenvalue weighted by Crippen LogP contribution is -2.19. The smallest absolute Gasteiger partial charge is 0.121 e. The number of ether oxygens (including phenoxy) is 2. The van der Waals surface area contributed by atoms with Crippen molar-refractivity contribution >= 4 is 41.1 Å². The van der Waals surface area contributed by atoms with E-state index in [2.05, 4.69) is 10.3 Å². The first-order valence-corrected chi connectivity index (χ1v) is 8.32. The molecule has 0 spiro atoms. The van der Waals surface area contributed by atoms with Gasteiger partial charge in [-0.1, -0.05) is 40.9 Å². The Morgan fingerprint density at radius 2 is 1.54 bits per heavy atom. The molecule has 0 saturated heterocycles.